The Morgan fingerprint density at radius 1 is 1.26 bits per heavy atom. The minimum absolute atomic E-state index is 0.710. The molecule has 104 valence electrons. The summed E-state index contributed by atoms with van der Waals surface area (Å²) < 4.78 is 7.72. The van der Waals surface area contributed by atoms with Crippen molar-refractivity contribution in [3.8, 4) is 0 Å². The number of fused-ring (bicyclic) bond motifs is 1. The fraction of sp³-hybridized carbons (Fsp3) is 0.533. The van der Waals surface area contributed by atoms with Gasteiger partial charge in [-0.3, -0.25) is 0 Å². The van der Waals surface area contributed by atoms with E-state index in [1.165, 1.54) is 5.52 Å². The van der Waals surface area contributed by atoms with Crippen molar-refractivity contribution in [2.45, 2.75) is 32.7 Å². The van der Waals surface area contributed by atoms with Crippen molar-refractivity contribution in [1.82, 2.24) is 9.55 Å². The van der Waals surface area contributed by atoms with Gasteiger partial charge < -0.3 is 15.0 Å². The number of nitrogens with two attached hydrogens (primary N) is 1. The Labute approximate surface area is 114 Å². The Bertz CT molecular complexity index is 507. The summed E-state index contributed by atoms with van der Waals surface area (Å²) in [5.41, 5.74) is 7.89. The number of rotatable bonds is 8. The number of aromatic nitrogens is 2. The number of hydrogen-bond donors (Lipinski definition) is 1. The van der Waals surface area contributed by atoms with Crippen molar-refractivity contribution in [1.29, 1.82) is 0 Å². The molecule has 1 aromatic heterocycles. The van der Waals surface area contributed by atoms with Gasteiger partial charge in [-0.1, -0.05) is 12.1 Å². The summed E-state index contributed by atoms with van der Waals surface area (Å²) in [5.74, 6) is 1.14. The summed E-state index contributed by atoms with van der Waals surface area (Å²) in [5, 5.41) is 0. The first kappa shape index (κ1) is 14.0. The third-order valence-corrected chi connectivity index (χ3v) is 3.21. The van der Waals surface area contributed by atoms with Gasteiger partial charge in [0.25, 0.3) is 0 Å². The molecule has 1 aromatic carbocycles. The lowest BCUT2D eigenvalue weighted by Gasteiger charge is -2.09. The lowest BCUT2D eigenvalue weighted by atomic mass is 10.3. The maximum absolute atomic E-state index is 5.60. The summed E-state index contributed by atoms with van der Waals surface area (Å²) in [4.78, 5) is 4.72. The summed E-state index contributed by atoms with van der Waals surface area (Å²) in [6.45, 7) is 5.28. The number of imidazole rings is 1. The van der Waals surface area contributed by atoms with Gasteiger partial charge in [-0.25, -0.2) is 4.98 Å². The van der Waals surface area contributed by atoms with E-state index in [9.17, 15) is 0 Å². The second-order valence-corrected chi connectivity index (χ2v) is 4.61. The van der Waals surface area contributed by atoms with E-state index in [1.54, 1.807) is 0 Å². The van der Waals surface area contributed by atoms with E-state index in [-0.39, 0.29) is 0 Å². The van der Waals surface area contributed by atoms with Gasteiger partial charge in [0.1, 0.15) is 5.82 Å². The topological polar surface area (TPSA) is 53.1 Å². The second-order valence-electron chi connectivity index (χ2n) is 4.61. The van der Waals surface area contributed by atoms with Gasteiger partial charge in [-0.05, 0) is 38.4 Å². The molecule has 0 saturated heterocycles. The first-order valence-electron chi connectivity index (χ1n) is 7.08. The highest BCUT2D eigenvalue weighted by Gasteiger charge is 2.09. The van der Waals surface area contributed by atoms with E-state index >= 15 is 0 Å². The lowest BCUT2D eigenvalue weighted by molar-refractivity contribution is 0.141. The van der Waals surface area contributed by atoms with Crippen molar-refractivity contribution >= 4 is 11.0 Å². The minimum Gasteiger partial charge on any atom is -0.382 e. The molecule has 2 rings (SSSR count). The van der Waals surface area contributed by atoms with Crippen LogP contribution in [0.2, 0.25) is 0 Å². The van der Waals surface area contributed by atoms with E-state index in [0.29, 0.717) is 6.54 Å². The lowest BCUT2D eigenvalue weighted by Crippen LogP contribution is -2.09. The van der Waals surface area contributed by atoms with Crippen LogP contribution in [0.3, 0.4) is 0 Å². The van der Waals surface area contributed by atoms with Gasteiger partial charge in [0, 0.05) is 26.2 Å². The van der Waals surface area contributed by atoms with Crippen molar-refractivity contribution in [3.05, 3.63) is 30.1 Å². The number of ether oxygens (including phenoxy) is 1. The minimum atomic E-state index is 0.710. The zero-order valence-corrected chi connectivity index (χ0v) is 11.6. The molecule has 0 aliphatic heterocycles. The number of benzene rings is 1. The molecule has 0 atom stereocenters. The predicted octanol–water partition coefficient (Wildman–Crippen LogP) is 2.35. The highest BCUT2D eigenvalue weighted by atomic mass is 16.5. The standard InChI is InChI=1S/C15H23N3O/c1-2-19-12-6-11-18-14-8-4-3-7-13(14)17-15(18)9-5-10-16/h3-4,7-8H,2,5-6,9-12,16H2,1H3. The number of aryl methyl sites for hydroxylation is 2. The first-order chi connectivity index (χ1) is 9.36. The van der Waals surface area contributed by atoms with E-state index < -0.39 is 0 Å². The second kappa shape index (κ2) is 7.26. The normalized spacial score (nSPS) is 11.3. The summed E-state index contributed by atoms with van der Waals surface area (Å²) in [7, 11) is 0. The molecular weight excluding hydrogens is 238 g/mol. The molecule has 19 heavy (non-hydrogen) atoms. The van der Waals surface area contributed by atoms with Crippen molar-refractivity contribution in [3.63, 3.8) is 0 Å². The molecule has 0 fully saturated rings. The molecule has 0 saturated carbocycles. The molecule has 0 spiro atoms. The molecule has 4 heteroatoms. The van der Waals surface area contributed by atoms with E-state index in [4.69, 9.17) is 15.5 Å². The number of para-hydroxylation sites is 2. The molecule has 1 heterocycles. The third kappa shape index (κ3) is 3.55. The number of hydrogen-bond acceptors (Lipinski definition) is 3. The summed E-state index contributed by atoms with van der Waals surface area (Å²) >= 11 is 0. The van der Waals surface area contributed by atoms with Crippen LogP contribution < -0.4 is 5.73 Å². The van der Waals surface area contributed by atoms with E-state index in [2.05, 4.69) is 22.8 Å². The van der Waals surface area contributed by atoms with Crippen LogP contribution in [0, 0.1) is 0 Å². The summed E-state index contributed by atoms with van der Waals surface area (Å²) in [6, 6.07) is 8.30. The van der Waals surface area contributed by atoms with Crippen LogP contribution in [0.4, 0.5) is 0 Å². The maximum Gasteiger partial charge on any atom is 0.109 e. The smallest absolute Gasteiger partial charge is 0.109 e. The Hall–Kier alpha value is -1.39. The van der Waals surface area contributed by atoms with Crippen molar-refractivity contribution < 1.29 is 4.74 Å². The largest absolute Gasteiger partial charge is 0.382 e. The molecule has 0 unspecified atom stereocenters. The van der Waals surface area contributed by atoms with Crippen molar-refractivity contribution in [2.75, 3.05) is 19.8 Å². The molecule has 0 bridgehead atoms. The fourth-order valence-corrected chi connectivity index (χ4v) is 2.29. The van der Waals surface area contributed by atoms with Crippen LogP contribution in [-0.2, 0) is 17.7 Å². The zero-order chi connectivity index (χ0) is 13.5. The third-order valence-electron chi connectivity index (χ3n) is 3.21. The quantitative estimate of drug-likeness (QED) is 0.742. The number of nitrogens with zero attached hydrogens (tertiary/aromatic N) is 2. The molecular formula is C15H23N3O. The Kier molecular flexibility index (Phi) is 5.36. The van der Waals surface area contributed by atoms with E-state index in [1.807, 2.05) is 13.0 Å². The SMILES string of the molecule is CCOCCCn1c(CCCN)nc2ccccc21. The highest BCUT2D eigenvalue weighted by Crippen LogP contribution is 2.17. The molecule has 2 aromatic rings. The van der Waals surface area contributed by atoms with Crippen LogP contribution >= 0.6 is 0 Å². The highest BCUT2D eigenvalue weighted by molar-refractivity contribution is 5.75. The van der Waals surface area contributed by atoms with Gasteiger partial charge >= 0.3 is 0 Å². The maximum atomic E-state index is 5.60. The van der Waals surface area contributed by atoms with Gasteiger partial charge in [0.2, 0.25) is 0 Å². The Balaban J connectivity index is 2.16. The predicted molar refractivity (Wildman–Crippen MR) is 78.2 cm³/mol. The van der Waals surface area contributed by atoms with Crippen LogP contribution in [0.5, 0.6) is 0 Å². The average Bonchev–Trinajstić information content (AvgIpc) is 2.79. The Morgan fingerprint density at radius 2 is 2.11 bits per heavy atom. The van der Waals surface area contributed by atoms with Crippen LogP contribution in [0.1, 0.15) is 25.6 Å². The van der Waals surface area contributed by atoms with Crippen LogP contribution in [0.15, 0.2) is 24.3 Å². The van der Waals surface area contributed by atoms with Crippen molar-refractivity contribution in [2.24, 2.45) is 5.73 Å². The van der Waals surface area contributed by atoms with Gasteiger partial charge in [0.05, 0.1) is 11.0 Å². The van der Waals surface area contributed by atoms with Gasteiger partial charge in [-0.2, -0.15) is 0 Å². The molecule has 2 N–H and O–H groups in total. The molecule has 4 nitrogen and oxygen atoms in total. The molecule has 0 radical (unpaired) electrons. The zero-order valence-electron chi connectivity index (χ0n) is 11.6. The molecule has 0 aliphatic rings. The van der Waals surface area contributed by atoms with Gasteiger partial charge in [0.15, 0.2) is 0 Å². The first-order valence-corrected chi connectivity index (χ1v) is 7.08. The average molecular weight is 261 g/mol. The van der Waals surface area contributed by atoms with Gasteiger partial charge in [-0.15, -0.1) is 0 Å². The molecule has 0 amide bonds. The Morgan fingerprint density at radius 3 is 2.89 bits per heavy atom. The van der Waals surface area contributed by atoms with Crippen LogP contribution in [0.25, 0.3) is 11.0 Å². The fourth-order valence-electron chi connectivity index (χ4n) is 2.29. The monoisotopic (exact) mass is 261 g/mol. The summed E-state index contributed by atoms with van der Waals surface area (Å²) in [6.07, 6.45) is 2.94. The molecule has 0 aliphatic carbocycles. The van der Waals surface area contributed by atoms with E-state index in [0.717, 1.165) is 50.4 Å². The van der Waals surface area contributed by atoms with Crippen LogP contribution in [-0.4, -0.2) is 29.3 Å².